The summed E-state index contributed by atoms with van der Waals surface area (Å²) in [7, 11) is 0. The molecule has 1 heterocycles. The van der Waals surface area contributed by atoms with Gasteiger partial charge in [0.25, 0.3) is 0 Å². The zero-order valence-electron chi connectivity index (χ0n) is 12.5. The van der Waals surface area contributed by atoms with E-state index in [1.54, 1.807) is 6.07 Å². The molecule has 0 fully saturated rings. The first-order valence-corrected chi connectivity index (χ1v) is 7.85. The standard InChI is InChI=1S/C14H17BrF3N3O2/c1-2-19-13(20-4-3-14(16,17)18)21-7-9-5-10(15)12-11(6-9)22-8-23-12/h5-6H,2-4,7-8H2,1H3,(H2,19,20,21). The second-order valence-electron chi connectivity index (χ2n) is 4.80. The number of aliphatic imine (C=N–C) groups is 1. The topological polar surface area (TPSA) is 54.9 Å². The number of nitrogens with zero attached hydrogens (tertiary/aromatic N) is 1. The SMILES string of the molecule is CCNC(=NCc1cc(Br)c2c(c1)OCO2)NCCC(F)(F)F. The van der Waals surface area contributed by atoms with Gasteiger partial charge in [0.15, 0.2) is 17.5 Å². The summed E-state index contributed by atoms with van der Waals surface area (Å²) in [5.74, 6) is 1.61. The van der Waals surface area contributed by atoms with E-state index in [0.717, 1.165) is 10.0 Å². The molecule has 0 atom stereocenters. The van der Waals surface area contributed by atoms with Crippen LogP contribution in [0.15, 0.2) is 21.6 Å². The number of benzene rings is 1. The first-order chi connectivity index (χ1) is 10.9. The summed E-state index contributed by atoms with van der Waals surface area (Å²) in [5.41, 5.74) is 0.856. The molecule has 1 aromatic rings. The summed E-state index contributed by atoms with van der Waals surface area (Å²) in [6, 6.07) is 3.65. The fourth-order valence-corrected chi connectivity index (χ4v) is 2.55. The van der Waals surface area contributed by atoms with E-state index in [0.29, 0.717) is 30.5 Å². The average Bonchev–Trinajstić information content (AvgIpc) is 2.92. The highest BCUT2D eigenvalue weighted by molar-refractivity contribution is 9.10. The maximum absolute atomic E-state index is 12.2. The lowest BCUT2D eigenvalue weighted by atomic mass is 10.2. The minimum atomic E-state index is -4.19. The number of hydrogen-bond acceptors (Lipinski definition) is 3. The van der Waals surface area contributed by atoms with Gasteiger partial charge in [0.2, 0.25) is 6.79 Å². The number of nitrogens with one attached hydrogen (secondary N) is 2. The Balaban J connectivity index is 1.98. The van der Waals surface area contributed by atoms with Crippen LogP contribution < -0.4 is 20.1 Å². The lowest BCUT2D eigenvalue weighted by Crippen LogP contribution is -2.38. The molecule has 0 bridgehead atoms. The van der Waals surface area contributed by atoms with Crippen LogP contribution in [0.25, 0.3) is 0 Å². The molecule has 0 unspecified atom stereocenters. The maximum Gasteiger partial charge on any atom is 0.390 e. The first-order valence-electron chi connectivity index (χ1n) is 7.06. The lowest BCUT2D eigenvalue weighted by molar-refractivity contribution is -0.132. The normalized spacial score (nSPS) is 14.0. The van der Waals surface area contributed by atoms with Crippen molar-refractivity contribution in [2.24, 2.45) is 4.99 Å². The van der Waals surface area contributed by atoms with Gasteiger partial charge >= 0.3 is 6.18 Å². The molecule has 1 aromatic carbocycles. The van der Waals surface area contributed by atoms with Gasteiger partial charge in [-0.15, -0.1) is 0 Å². The van der Waals surface area contributed by atoms with E-state index in [1.807, 2.05) is 13.0 Å². The predicted octanol–water partition coefficient (Wildman–Crippen LogP) is 3.19. The van der Waals surface area contributed by atoms with Gasteiger partial charge in [0.05, 0.1) is 17.4 Å². The van der Waals surface area contributed by atoms with Gasteiger partial charge in [-0.2, -0.15) is 13.2 Å². The molecule has 0 saturated heterocycles. The Morgan fingerprint density at radius 3 is 2.78 bits per heavy atom. The molecule has 5 nitrogen and oxygen atoms in total. The van der Waals surface area contributed by atoms with Crippen LogP contribution in [-0.2, 0) is 6.54 Å². The van der Waals surface area contributed by atoms with Crippen molar-refractivity contribution >= 4 is 21.9 Å². The van der Waals surface area contributed by atoms with Gasteiger partial charge in [0, 0.05) is 13.1 Å². The number of hydrogen-bond donors (Lipinski definition) is 2. The summed E-state index contributed by atoms with van der Waals surface area (Å²) in [6.45, 7) is 2.65. The smallest absolute Gasteiger partial charge is 0.390 e. The quantitative estimate of drug-likeness (QED) is 0.593. The van der Waals surface area contributed by atoms with E-state index in [2.05, 4.69) is 31.6 Å². The number of fused-ring (bicyclic) bond motifs is 1. The molecule has 2 N–H and O–H groups in total. The Labute approximate surface area is 140 Å². The maximum atomic E-state index is 12.2. The van der Waals surface area contributed by atoms with Crippen LogP contribution in [0.1, 0.15) is 18.9 Å². The van der Waals surface area contributed by atoms with Crippen LogP contribution in [0.4, 0.5) is 13.2 Å². The number of ether oxygens (including phenoxy) is 2. The van der Waals surface area contributed by atoms with Crippen LogP contribution in [0.3, 0.4) is 0 Å². The van der Waals surface area contributed by atoms with Crippen LogP contribution in [0.2, 0.25) is 0 Å². The number of alkyl halides is 3. The molecular formula is C14H17BrF3N3O2. The second-order valence-corrected chi connectivity index (χ2v) is 5.65. The third kappa shape index (κ3) is 5.49. The highest BCUT2D eigenvalue weighted by Crippen LogP contribution is 2.40. The number of guanidine groups is 1. The summed E-state index contributed by atoms with van der Waals surface area (Å²) < 4.78 is 47.9. The molecule has 2 rings (SSSR count). The van der Waals surface area contributed by atoms with E-state index in [-0.39, 0.29) is 13.3 Å². The Morgan fingerprint density at radius 2 is 2.09 bits per heavy atom. The summed E-state index contributed by atoms with van der Waals surface area (Å²) in [5, 5.41) is 5.58. The minimum Gasteiger partial charge on any atom is -0.454 e. The van der Waals surface area contributed by atoms with Crippen LogP contribution >= 0.6 is 15.9 Å². The molecule has 23 heavy (non-hydrogen) atoms. The fourth-order valence-electron chi connectivity index (χ4n) is 1.95. The van der Waals surface area contributed by atoms with Gasteiger partial charge in [-0.3, -0.25) is 0 Å². The summed E-state index contributed by atoms with van der Waals surface area (Å²) in [4.78, 5) is 4.28. The largest absolute Gasteiger partial charge is 0.454 e. The summed E-state index contributed by atoms with van der Waals surface area (Å²) >= 11 is 3.39. The molecule has 9 heteroatoms. The van der Waals surface area contributed by atoms with Crippen LogP contribution in [0, 0.1) is 0 Å². The van der Waals surface area contributed by atoms with Crippen LogP contribution in [-0.4, -0.2) is 32.0 Å². The third-order valence-electron chi connectivity index (χ3n) is 2.95. The number of rotatable bonds is 5. The van der Waals surface area contributed by atoms with Crippen LogP contribution in [0.5, 0.6) is 11.5 Å². The van der Waals surface area contributed by atoms with E-state index in [9.17, 15) is 13.2 Å². The van der Waals surface area contributed by atoms with E-state index in [4.69, 9.17) is 9.47 Å². The zero-order valence-corrected chi connectivity index (χ0v) is 14.1. The molecule has 0 aliphatic carbocycles. The Hall–Kier alpha value is -1.64. The molecule has 1 aliphatic heterocycles. The zero-order chi connectivity index (χ0) is 16.9. The van der Waals surface area contributed by atoms with Gasteiger partial charge in [-0.1, -0.05) is 0 Å². The molecule has 128 valence electrons. The minimum absolute atomic E-state index is 0.169. The van der Waals surface area contributed by atoms with Gasteiger partial charge in [-0.25, -0.2) is 4.99 Å². The Morgan fingerprint density at radius 1 is 1.30 bits per heavy atom. The van der Waals surface area contributed by atoms with Crippen molar-refractivity contribution < 1.29 is 22.6 Å². The van der Waals surface area contributed by atoms with Crippen molar-refractivity contribution in [1.29, 1.82) is 0 Å². The predicted molar refractivity (Wildman–Crippen MR) is 83.8 cm³/mol. The monoisotopic (exact) mass is 395 g/mol. The van der Waals surface area contributed by atoms with E-state index >= 15 is 0 Å². The third-order valence-corrected chi connectivity index (χ3v) is 3.54. The van der Waals surface area contributed by atoms with E-state index in [1.165, 1.54) is 0 Å². The second kappa shape index (κ2) is 7.76. The van der Waals surface area contributed by atoms with Gasteiger partial charge in [-0.05, 0) is 40.5 Å². The lowest BCUT2D eigenvalue weighted by Gasteiger charge is -2.12. The Bertz CT molecular complexity index is 579. The van der Waals surface area contributed by atoms with Crippen molar-refractivity contribution in [2.45, 2.75) is 26.1 Å². The highest BCUT2D eigenvalue weighted by Gasteiger charge is 2.26. The highest BCUT2D eigenvalue weighted by atomic mass is 79.9. The van der Waals surface area contributed by atoms with Gasteiger partial charge < -0.3 is 20.1 Å². The molecule has 0 radical (unpaired) electrons. The number of halogens is 4. The molecule has 0 aromatic heterocycles. The molecule has 0 saturated carbocycles. The molecule has 0 spiro atoms. The fraction of sp³-hybridized carbons (Fsp3) is 0.500. The molecule has 0 amide bonds. The average molecular weight is 396 g/mol. The van der Waals surface area contributed by atoms with Crippen molar-refractivity contribution in [2.75, 3.05) is 19.9 Å². The van der Waals surface area contributed by atoms with E-state index < -0.39 is 12.6 Å². The summed E-state index contributed by atoms with van der Waals surface area (Å²) in [6.07, 6.45) is -5.10. The molecule has 1 aliphatic rings. The molecular weight excluding hydrogens is 379 g/mol. The first kappa shape index (κ1) is 17.7. The Kier molecular flexibility index (Phi) is 5.97. The van der Waals surface area contributed by atoms with Crippen molar-refractivity contribution in [3.05, 3.63) is 22.2 Å². The van der Waals surface area contributed by atoms with Crippen molar-refractivity contribution in [1.82, 2.24) is 10.6 Å². The van der Waals surface area contributed by atoms with Crippen molar-refractivity contribution in [3.8, 4) is 11.5 Å². The van der Waals surface area contributed by atoms with Crippen molar-refractivity contribution in [3.63, 3.8) is 0 Å². The van der Waals surface area contributed by atoms with Gasteiger partial charge in [0.1, 0.15) is 0 Å².